The summed E-state index contributed by atoms with van der Waals surface area (Å²) < 4.78 is 102. The van der Waals surface area contributed by atoms with Crippen molar-refractivity contribution in [3.05, 3.63) is 0 Å². The SMILES string of the molecule is CC(C)(F)CC(CCCBr)CC(F)(C(F)(F)F)C(F)(F)F. The Kier molecular flexibility index (Phi) is 6.97. The Balaban J connectivity index is 5.32. The van der Waals surface area contributed by atoms with Gasteiger partial charge in [0.15, 0.2) is 0 Å². The maximum Gasteiger partial charge on any atom is 0.431 e. The Morgan fingerprint density at radius 3 is 1.52 bits per heavy atom. The van der Waals surface area contributed by atoms with E-state index in [9.17, 15) is 35.1 Å². The normalized spacial score (nSPS) is 16.1. The third-order valence-electron chi connectivity index (χ3n) is 2.99. The first kappa shape index (κ1) is 20.9. The van der Waals surface area contributed by atoms with E-state index in [2.05, 4.69) is 15.9 Å². The molecule has 0 bridgehead atoms. The third-order valence-corrected chi connectivity index (χ3v) is 3.55. The second-order valence-electron chi connectivity index (χ2n) is 5.62. The summed E-state index contributed by atoms with van der Waals surface area (Å²) in [5, 5.41) is 0.327. The molecule has 1 atom stereocenters. The fourth-order valence-corrected chi connectivity index (χ4v) is 2.44. The van der Waals surface area contributed by atoms with Crippen molar-refractivity contribution in [3.63, 3.8) is 0 Å². The predicted octanol–water partition coefficient (Wildman–Crippen LogP) is 6.14. The molecule has 0 aromatic heterocycles. The Labute approximate surface area is 126 Å². The van der Waals surface area contributed by atoms with Gasteiger partial charge in [-0.15, -0.1) is 0 Å². The van der Waals surface area contributed by atoms with Gasteiger partial charge in [0.2, 0.25) is 0 Å². The topological polar surface area (TPSA) is 0 Å². The van der Waals surface area contributed by atoms with Crippen LogP contribution in [0.25, 0.3) is 0 Å². The highest BCUT2D eigenvalue weighted by atomic mass is 79.9. The Hall–Kier alpha value is -0.0800. The quantitative estimate of drug-likeness (QED) is 0.360. The largest absolute Gasteiger partial charge is 0.431 e. The van der Waals surface area contributed by atoms with Gasteiger partial charge >= 0.3 is 12.4 Å². The number of hydrogen-bond acceptors (Lipinski definition) is 0. The van der Waals surface area contributed by atoms with E-state index in [1.807, 2.05) is 0 Å². The first-order valence-corrected chi connectivity index (χ1v) is 7.33. The summed E-state index contributed by atoms with van der Waals surface area (Å²) in [6.45, 7) is 2.07. The van der Waals surface area contributed by atoms with E-state index in [4.69, 9.17) is 0 Å². The maximum absolute atomic E-state index is 13.7. The van der Waals surface area contributed by atoms with Crippen LogP contribution in [0.1, 0.15) is 39.5 Å². The van der Waals surface area contributed by atoms with Crippen LogP contribution < -0.4 is 0 Å². The van der Waals surface area contributed by atoms with Gasteiger partial charge in [-0.25, -0.2) is 8.78 Å². The molecule has 1 unspecified atom stereocenters. The van der Waals surface area contributed by atoms with E-state index in [0.29, 0.717) is 5.33 Å². The van der Waals surface area contributed by atoms with E-state index < -0.39 is 42.4 Å². The Morgan fingerprint density at radius 2 is 1.24 bits per heavy atom. The number of hydrogen-bond donors (Lipinski definition) is 0. The van der Waals surface area contributed by atoms with Gasteiger partial charge in [0.25, 0.3) is 5.67 Å². The van der Waals surface area contributed by atoms with Gasteiger partial charge in [-0.2, -0.15) is 26.3 Å². The van der Waals surface area contributed by atoms with Crippen molar-refractivity contribution in [1.29, 1.82) is 0 Å². The monoisotopic (exact) mass is 392 g/mol. The molecule has 0 aromatic rings. The van der Waals surface area contributed by atoms with Crippen LogP contribution in [0.5, 0.6) is 0 Å². The second kappa shape index (κ2) is 7.00. The number of alkyl halides is 9. The molecule has 0 aromatic carbocycles. The van der Waals surface area contributed by atoms with Crippen LogP contribution in [-0.4, -0.2) is 29.0 Å². The summed E-state index contributed by atoms with van der Waals surface area (Å²) in [4.78, 5) is 0. The van der Waals surface area contributed by atoms with Crippen LogP contribution in [0.3, 0.4) is 0 Å². The van der Waals surface area contributed by atoms with Gasteiger partial charge in [-0.3, -0.25) is 0 Å². The minimum absolute atomic E-state index is 0.129. The van der Waals surface area contributed by atoms with Crippen LogP contribution >= 0.6 is 15.9 Å². The predicted molar refractivity (Wildman–Crippen MR) is 66.9 cm³/mol. The lowest BCUT2D eigenvalue weighted by molar-refractivity contribution is -0.346. The number of halogens is 9. The van der Waals surface area contributed by atoms with Crippen molar-refractivity contribution in [3.8, 4) is 0 Å². The van der Waals surface area contributed by atoms with Gasteiger partial charge in [-0.05, 0) is 39.0 Å². The molecule has 0 aliphatic heterocycles. The van der Waals surface area contributed by atoms with Gasteiger partial charge in [0.1, 0.15) is 5.67 Å². The van der Waals surface area contributed by atoms with Crippen LogP contribution in [0.4, 0.5) is 35.1 Å². The van der Waals surface area contributed by atoms with Crippen LogP contribution in [0.2, 0.25) is 0 Å². The first-order chi connectivity index (χ1) is 9.14. The molecule has 0 spiro atoms. The van der Waals surface area contributed by atoms with E-state index in [0.717, 1.165) is 13.8 Å². The summed E-state index contributed by atoms with van der Waals surface area (Å²) in [5.41, 5.74) is -7.29. The highest BCUT2D eigenvalue weighted by molar-refractivity contribution is 9.09. The van der Waals surface area contributed by atoms with E-state index >= 15 is 0 Å². The van der Waals surface area contributed by atoms with Crippen molar-refractivity contribution < 1.29 is 35.1 Å². The average Bonchev–Trinajstić information content (AvgIpc) is 2.20. The summed E-state index contributed by atoms with van der Waals surface area (Å²) in [5.74, 6) is -1.36. The van der Waals surface area contributed by atoms with Crippen molar-refractivity contribution in [1.82, 2.24) is 0 Å². The summed E-state index contributed by atoms with van der Waals surface area (Å²) in [7, 11) is 0. The molecule has 0 fully saturated rings. The molecule has 0 radical (unpaired) electrons. The average molecular weight is 393 g/mol. The molecular weight excluding hydrogens is 376 g/mol. The van der Waals surface area contributed by atoms with Crippen molar-refractivity contribution in [2.75, 3.05) is 5.33 Å². The lowest BCUT2D eigenvalue weighted by Crippen LogP contribution is -2.54. The smallest absolute Gasteiger partial charge is 0.244 e. The van der Waals surface area contributed by atoms with Gasteiger partial charge in [-0.1, -0.05) is 15.9 Å². The Morgan fingerprint density at radius 1 is 0.810 bits per heavy atom. The van der Waals surface area contributed by atoms with Gasteiger partial charge in [0.05, 0.1) is 0 Å². The molecule has 0 amide bonds. The van der Waals surface area contributed by atoms with Gasteiger partial charge in [0, 0.05) is 11.8 Å². The van der Waals surface area contributed by atoms with Crippen LogP contribution in [0.15, 0.2) is 0 Å². The molecule has 0 saturated carbocycles. The maximum atomic E-state index is 13.7. The van der Waals surface area contributed by atoms with Crippen molar-refractivity contribution >= 4 is 15.9 Å². The molecule has 0 nitrogen and oxygen atoms in total. The third kappa shape index (κ3) is 6.28. The highest BCUT2D eigenvalue weighted by Crippen LogP contribution is 2.51. The molecular formula is C12H17BrF8. The minimum atomic E-state index is -6.08. The molecule has 128 valence electrons. The zero-order valence-electron chi connectivity index (χ0n) is 11.5. The number of rotatable bonds is 7. The summed E-state index contributed by atoms with van der Waals surface area (Å²) >= 11 is 2.98. The molecule has 0 rings (SSSR count). The minimum Gasteiger partial charge on any atom is -0.244 e. The summed E-state index contributed by atoms with van der Waals surface area (Å²) in [6.07, 6.45) is -14.5. The highest BCUT2D eigenvalue weighted by Gasteiger charge is 2.72. The van der Waals surface area contributed by atoms with Crippen molar-refractivity contribution in [2.24, 2.45) is 5.92 Å². The van der Waals surface area contributed by atoms with Crippen LogP contribution in [0, 0.1) is 5.92 Å². The van der Waals surface area contributed by atoms with E-state index in [1.54, 1.807) is 0 Å². The molecule has 0 N–H and O–H groups in total. The zero-order valence-corrected chi connectivity index (χ0v) is 13.1. The molecule has 0 heterocycles. The Bertz CT molecular complexity index is 301. The lowest BCUT2D eigenvalue weighted by Gasteiger charge is -2.34. The zero-order chi connectivity index (χ0) is 17.1. The fraction of sp³-hybridized carbons (Fsp3) is 1.00. The van der Waals surface area contributed by atoms with Crippen molar-refractivity contribution in [2.45, 2.75) is 63.2 Å². The molecule has 21 heavy (non-hydrogen) atoms. The first-order valence-electron chi connectivity index (χ1n) is 6.21. The van der Waals surface area contributed by atoms with Gasteiger partial charge < -0.3 is 0 Å². The second-order valence-corrected chi connectivity index (χ2v) is 6.41. The fourth-order valence-electron chi connectivity index (χ4n) is 2.12. The molecule has 0 saturated heterocycles. The molecule has 0 aliphatic rings. The molecule has 9 heteroatoms. The van der Waals surface area contributed by atoms with E-state index in [1.165, 1.54) is 0 Å². The molecule has 0 aliphatic carbocycles. The standard InChI is InChI=1S/C12H17BrF8/c1-9(2,14)6-8(4-3-5-13)7-10(15,11(16,17)18)12(19,20)21/h8H,3-7H2,1-2H3. The lowest BCUT2D eigenvalue weighted by atomic mass is 9.82. The summed E-state index contributed by atoms with van der Waals surface area (Å²) in [6, 6.07) is 0. The van der Waals surface area contributed by atoms with E-state index in [-0.39, 0.29) is 12.8 Å². The van der Waals surface area contributed by atoms with Crippen LogP contribution in [-0.2, 0) is 0 Å².